The molecule has 0 aliphatic heterocycles. The molecule has 0 heterocycles. The second-order valence-electron chi connectivity index (χ2n) is 3.96. The lowest BCUT2D eigenvalue weighted by atomic mass is 10.0. The summed E-state index contributed by atoms with van der Waals surface area (Å²) >= 11 is 11.5. The SMILES string of the molecule is O=C(Cc1c(F)cccc1F)c1cc(Cl)cc(Cl)c1. The van der Waals surface area contributed by atoms with Gasteiger partial charge in [0.1, 0.15) is 11.6 Å². The third-order valence-corrected chi connectivity index (χ3v) is 3.02. The van der Waals surface area contributed by atoms with Gasteiger partial charge in [-0.15, -0.1) is 0 Å². The van der Waals surface area contributed by atoms with Crippen molar-refractivity contribution in [2.24, 2.45) is 0 Å². The minimum atomic E-state index is -0.749. The summed E-state index contributed by atoms with van der Waals surface area (Å²) in [6, 6.07) is 7.76. The van der Waals surface area contributed by atoms with Crippen molar-refractivity contribution in [2.75, 3.05) is 0 Å². The van der Waals surface area contributed by atoms with Crippen LogP contribution >= 0.6 is 23.2 Å². The van der Waals surface area contributed by atoms with Gasteiger partial charge in [0.15, 0.2) is 5.78 Å². The van der Waals surface area contributed by atoms with Crippen LogP contribution in [0.4, 0.5) is 8.78 Å². The minimum absolute atomic E-state index is 0.222. The van der Waals surface area contributed by atoms with Crippen LogP contribution in [0.25, 0.3) is 0 Å². The van der Waals surface area contributed by atoms with Crippen LogP contribution in [0.1, 0.15) is 15.9 Å². The molecule has 0 amide bonds. The zero-order chi connectivity index (χ0) is 14.0. The van der Waals surface area contributed by atoms with Crippen molar-refractivity contribution in [3.63, 3.8) is 0 Å². The summed E-state index contributed by atoms with van der Waals surface area (Å²) in [4.78, 5) is 12.0. The number of halogens is 4. The molecule has 0 aliphatic rings. The van der Waals surface area contributed by atoms with Crippen molar-refractivity contribution < 1.29 is 13.6 Å². The van der Waals surface area contributed by atoms with E-state index in [1.165, 1.54) is 24.3 Å². The molecule has 0 saturated carbocycles. The molecule has 0 saturated heterocycles. The summed E-state index contributed by atoms with van der Waals surface area (Å²) in [6.45, 7) is 0. The number of Topliss-reactive ketones (excluding diaryl/α,β-unsaturated/α-hetero) is 1. The van der Waals surface area contributed by atoms with E-state index in [2.05, 4.69) is 0 Å². The van der Waals surface area contributed by atoms with Crippen molar-refractivity contribution in [2.45, 2.75) is 6.42 Å². The maximum absolute atomic E-state index is 13.4. The van der Waals surface area contributed by atoms with Crippen molar-refractivity contribution in [3.8, 4) is 0 Å². The number of hydrogen-bond acceptors (Lipinski definition) is 1. The van der Waals surface area contributed by atoms with Gasteiger partial charge in [0.25, 0.3) is 0 Å². The van der Waals surface area contributed by atoms with E-state index in [0.717, 1.165) is 12.1 Å². The van der Waals surface area contributed by atoms with Gasteiger partial charge in [-0.3, -0.25) is 4.79 Å². The molecule has 2 aromatic rings. The predicted octanol–water partition coefficient (Wildman–Crippen LogP) is 4.70. The first-order valence-electron chi connectivity index (χ1n) is 5.39. The highest BCUT2D eigenvalue weighted by atomic mass is 35.5. The Bertz CT molecular complexity index is 601. The van der Waals surface area contributed by atoms with Gasteiger partial charge in [-0.1, -0.05) is 29.3 Å². The molecule has 5 heteroatoms. The van der Waals surface area contributed by atoms with E-state index >= 15 is 0 Å². The van der Waals surface area contributed by atoms with Crippen molar-refractivity contribution in [3.05, 3.63) is 69.2 Å². The van der Waals surface area contributed by atoms with Gasteiger partial charge < -0.3 is 0 Å². The summed E-state index contributed by atoms with van der Waals surface area (Å²) in [5, 5.41) is 0.592. The zero-order valence-corrected chi connectivity index (χ0v) is 11.1. The summed E-state index contributed by atoms with van der Waals surface area (Å²) in [5.41, 5.74) is -0.0382. The first-order chi connectivity index (χ1) is 8.97. The van der Waals surface area contributed by atoms with Crippen LogP contribution in [0, 0.1) is 11.6 Å². The second-order valence-corrected chi connectivity index (χ2v) is 4.83. The average Bonchev–Trinajstić information content (AvgIpc) is 2.32. The molecule has 0 spiro atoms. The molecular weight excluding hydrogens is 293 g/mol. The highest BCUT2D eigenvalue weighted by Gasteiger charge is 2.15. The number of ketones is 1. The van der Waals surface area contributed by atoms with Gasteiger partial charge >= 0.3 is 0 Å². The standard InChI is InChI=1S/C14H8Cl2F2O/c15-9-4-8(5-10(16)6-9)14(19)7-11-12(17)2-1-3-13(11)18/h1-6H,7H2. The highest BCUT2D eigenvalue weighted by molar-refractivity contribution is 6.35. The fraction of sp³-hybridized carbons (Fsp3) is 0.0714. The molecular formula is C14H8Cl2F2O. The molecule has 2 rings (SSSR count). The maximum atomic E-state index is 13.4. The second kappa shape index (κ2) is 5.68. The first-order valence-corrected chi connectivity index (χ1v) is 6.15. The summed E-state index contributed by atoms with van der Waals surface area (Å²) in [6.07, 6.45) is -0.380. The Labute approximate surface area is 118 Å². The van der Waals surface area contributed by atoms with Gasteiger partial charge in [-0.05, 0) is 30.3 Å². The molecule has 0 unspecified atom stereocenters. The largest absolute Gasteiger partial charge is 0.294 e. The molecule has 1 nitrogen and oxygen atoms in total. The number of rotatable bonds is 3. The number of carbonyl (C=O) groups is 1. The molecule has 2 aromatic carbocycles. The van der Waals surface area contributed by atoms with E-state index in [4.69, 9.17) is 23.2 Å². The Kier molecular flexibility index (Phi) is 4.17. The Morgan fingerprint density at radius 2 is 1.53 bits per heavy atom. The van der Waals surface area contributed by atoms with Crippen LogP contribution < -0.4 is 0 Å². The summed E-state index contributed by atoms with van der Waals surface area (Å²) < 4.78 is 26.9. The topological polar surface area (TPSA) is 17.1 Å². The molecule has 0 fully saturated rings. The Morgan fingerprint density at radius 3 is 2.05 bits per heavy atom. The van der Waals surface area contributed by atoms with Crippen molar-refractivity contribution >= 4 is 29.0 Å². The third-order valence-electron chi connectivity index (χ3n) is 2.58. The van der Waals surface area contributed by atoms with Gasteiger partial charge in [0.2, 0.25) is 0 Å². The fourth-order valence-electron chi connectivity index (χ4n) is 1.68. The van der Waals surface area contributed by atoms with Gasteiger partial charge in [0.05, 0.1) is 0 Å². The van der Waals surface area contributed by atoms with E-state index in [-0.39, 0.29) is 17.5 Å². The lowest BCUT2D eigenvalue weighted by Gasteiger charge is -2.05. The Balaban J connectivity index is 2.31. The molecule has 19 heavy (non-hydrogen) atoms. The van der Waals surface area contributed by atoms with Crippen LogP contribution in [0.15, 0.2) is 36.4 Å². The van der Waals surface area contributed by atoms with E-state index in [1.807, 2.05) is 0 Å². The predicted molar refractivity (Wildman–Crippen MR) is 70.9 cm³/mol. The van der Waals surface area contributed by atoms with Gasteiger partial charge in [0, 0.05) is 27.6 Å². The van der Waals surface area contributed by atoms with E-state index in [1.54, 1.807) is 0 Å². The lowest BCUT2D eigenvalue weighted by Crippen LogP contribution is -2.07. The molecule has 0 aromatic heterocycles. The molecule has 98 valence electrons. The van der Waals surface area contributed by atoms with Crippen LogP contribution in [0.3, 0.4) is 0 Å². The summed E-state index contributed by atoms with van der Waals surface area (Å²) in [7, 11) is 0. The van der Waals surface area contributed by atoms with E-state index < -0.39 is 17.4 Å². The van der Waals surface area contributed by atoms with Crippen LogP contribution in [0.5, 0.6) is 0 Å². The average molecular weight is 301 g/mol. The van der Waals surface area contributed by atoms with Crippen LogP contribution in [0.2, 0.25) is 10.0 Å². The molecule has 0 bridgehead atoms. The van der Waals surface area contributed by atoms with Crippen LogP contribution in [-0.2, 0) is 6.42 Å². The van der Waals surface area contributed by atoms with Crippen molar-refractivity contribution in [1.82, 2.24) is 0 Å². The smallest absolute Gasteiger partial charge is 0.167 e. The fourth-order valence-corrected chi connectivity index (χ4v) is 2.20. The quantitative estimate of drug-likeness (QED) is 0.751. The molecule has 0 radical (unpaired) electrons. The monoisotopic (exact) mass is 300 g/mol. The van der Waals surface area contributed by atoms with Gasteiger partial charge in [-0.2, -0.15) is 0 Å². The number of hydrogen-bond donors (Lipinski definition) is 0. The summed E-state index contributed by atoms with van der Waals surface area (Å²) in [5.74, 6) is -1.95. The number of carbonyl (C=O) groups excluding carboxylic acids is 1. The maximum Gasteiger partial charge on any atom is 0.167 e. The molecule has 0 aliphatic carbocycles. The van der Waals surface area contributed by atoms with Crippen LogP contribution in [-0.4, -0.2) is 5.78 Å². The first kappa shape index (κ1) is 14.0. The normalized spacial score (nSPS) is 10.5. The molecule has 0 atom stereocenters. The van der Waals surface area contributed by atoms with Gasteiger partial charge in [-0.25, -0.2) is 8.78 Å². The lowest BCUT2D eigenvalue weighted by molar-refractivity contribution is 0.0990. The Hall–Kier alpha value is -1.45. The zero-order valence-electron chi connectivity index (χ0n) is 9.59. The minimum Gasteiger partial charge on any atom is -0.294 e. The van der Waals surface area contributed by atoms with E-state index in [9.17, 15) is 13.6 Å². The highest BCUT2D eigenvalue weighted by Crippen LogP contribution is 2.21. The Morgan fingerprint density at radius 1 is 1.00 bits per heavy atom. The number of benzene rings is 2. The van der Waals surface area contributed by atoms with Crippen molar-refractivity contribution in [1.29, 1.82) is 0 Å². The molecule has 0 N–H and O–H groups in total. The van der Waals surface area contributed by atoms with E-state index in [0.29, 0.717) is 10.0 Å². The third kappa shape index (κ3) is 3.31.